The highest BCUT2D eigenvalue weighted by Gasteiger charge is 2.55. The predicted octanol–water partition coefficient (Wildman–Crippen LogP) is 4.01. The van der Waals surface area contributed by atoms with Crippen molar-refractivity contribution in [2.75, 3.05) is 13.1 Å². The number of hydrogen-bond donors (Lipinski definition) is 0. The van der Waals surface area contributed by atoms with Gasteiger partial charge >= 0.3 is 6.09 Å². The molecule has 0 atom stereocenters. The highest BCUT2D eigenvalue weighted by molar-refractivity contribution is 5.86. The van der Waals surface area contributed by atoms with Crippen molar-refractivity contribution in [1.82, 2.24) is 9.88 Å². The van der Waals surface area contributed by atoms with Crippen LogP contribution in [-0.4, -0.2) is 40.8 Å². The molecule has 2 aromatic rings. The van der Waals surface area contributed by atoms with Gasteiger partial charge in [-0.25, -0.2) is 9.78 Å². The maximum atomic E-state index is 12.1. The number of carbonyl (C=O) groups excluding carboxylic acids is 1. The molecule has 2 heterocycles. The minimum absolute atomic E-state index is 0.180. The molecular weight excluding hydrogens is 316 g/mol. The average Bonchev–Trinajstić information content (AvgIpc) is 2.46. The SMILES string of the molecule is CC(C)(C)OC(=O)N1CC2(CC(Oc3nccc4ccccc34)C2)C1. The Morgan fingerprint density at radius 3 is 2.64 bits per heavy atom. The molecule has 2 aliphatic rings. The molecule has 1 aliphatic heterocycles. The van der Waals surface area contributed by atoms with Crippen LogP contribution >= 0.6 is 0 Å². The monoisotopic (exact) mass is 340 g/mol. The molecule has 1 saturated carbocycles. The van der Waals surface area contributed by atoms with E-state index in [9.17, 15) is 4.79 Å². The summed E-state index contributed by atoms with van der Waals surface area (Å²) in [7, 11) is 0. The van der Waals surface area contributed by atoms with Gasteiger partial charge in [0.15, 0.2) is 0 Å². The van der Waals surface area contributed by atoms with Gasteiger partial charge in [0.2, 0.25) is 5.88 Å². The number of ether oxygens (including phenoxy) is 2. The number of hydrogen-bond acceptors (Lipinski definition) is 4. The van der Waals surface area contributed by atoms with Gasteiger partial charge in [-0.2, -0.15) is 0 Å². The molecule has 0 bridgehead atoms. The summed E-state index contributed by atoms with van der Waals surface area (Å²) in [4.78, 5) is 18.2. The number of aromatic nitrogens is 1. The number of likely N-dealkylation sites (tertiary alicyclic amines) is 1. The number of pyridine rings is 1. The predicted molar refractivity (Wildman–Crippen MR) is 95.6 cm³/mol. The van der Waals surface area contributed by atoms with Crippen molar-refractivity contribution in [2.24, 2.45) is 5.41 Å². The van der Waals surface area contributed by atoms with Crippen molar-refractivity contribution in [1.29, 1.82) is 0 Å². The second-order valence-corrected chi connectivity index (χ2v) is 8.32. The number of amides is 1. The Kier molecular flexibility index (Phi) is 3.63. The summed E-state index contributed by atoms with van der Waals surface area (Å²) >= 11 is 0. The lowest BCUT2D eigenvalue weighted by molar-refractivity contribution is -0.117. The van der Waals surface area contributed by atoms with Crippen LogP contribution in [0.1, 0.15) is 33.6 Å². The second-order valence-electron chi connectivity index (χ2n) is 8.32. The standard InChI is InChI=1S/C20H24N2O3/c1-19(2,3)25-18(23)22-12-20(13-22)10-15(11-20)24-17-16-7-5-4-6-14(16)8-9-21-17/h4-9,15H,10-13H2,1-3H3. The van der Waals surface area contributed by atoms with E-state index in [0.717, 1.165) is 36.7 Å². The summed E-state index contributed by atoms with van der Waals surface area (Å²) in [5.74, 6) is 0.710. The van der Waals surface area contributed by atoms with Gasteiger partial charge in [-0.05, 0) is 51.1 Å². The van der Waals surface area contributed by atoms with E-state index in [-0.39, 0.29) is 17.6 Å². The van der Waals surface area contributed by atoms with Gasteiger partial charge in [0, 0.05) is 30.1 Å². The molecule has 0 unspecified atom stereocenters. The summed E-state index contributed by atoms with van der Waals surface area (Å²) < 4.78 is 11.5. The first-order chi connectivity index (χ1) is 11.8. The van der Waals surface area contributed by atoms with Crippen molar-refractivity contribution < 1.29 is 14.3 Å². The lowest BCUT2D eigenvalue weighted by Gasteiger charge is -2.57. The van der Waals surface area contributed by atoms with E-state index in [2.05, 4.69) is 11.1 Å². The zero-order chi connectivity index (χ0) is 17.7. The van der Waals surface area contributed by atoms with E-state index in [1.807, 2.05) is 45.0 Å². The van der Waals surface area contributed by atoms with E-state index in [4.69, 9.17) is 9.47 Å². The van der Waals surface area contributed by atoms with Crippen LogP contribution in [0.2, 0.25) is 0 Å². The second kappa shape index (κ2) is 5.61. The molecule has 0 radical (unpaired) electrons. The Morgan fingerprint density at radius 1 is 1.20 bits per heavy atom. The molecule has 0 N–H and O–H groups in total. The number of benzene rings is 1. The topological polar surface area (TPSA) is 51.7 Å². The highest BCUT2D eigenvalue weighted by atomic mass is 16.6. The third-order valence-electron chi connectivity index (χ3n) is 4.94. The first-order valence-electron chi connectivity index (χ1n) is 8.82. The highest BCUT2D eigenvalue weighted by Crippen LogP contribution is 2.50. The van der Waals surface area contributed by atoms with E-state index in [1.54, 1.807) is 11.1 Å². The Morgan fingerprint density at radius 2 is 1.92 bits per heavy atom. The van der Waals surface area contributed by atoms with Gasteiger partial charge in [0.25, 0.3) is 0 Å². The molecule has 5 nitrogen and oxygen atoms in total. The average molecular weight is 340 g/mol. The molecule has 25 heavy (non-hydrogen) atoms. The smallest absolute Gasteiger partial charge is 0.410 e. The molecule has 2 fully saturated rings. The molecule has 5 heteroatoms. The van der Waals surface area contributed by atoms with E-state index in [1.165, 1.54) is 0 Å². The van der Waals surface area contributed by atoms with Crippen molar-refractivity contribution in [3.8, 4) is 5.88 Å². The number of fused-ring (bicyclic) bond motifs is 1. The zero-order valence-corrected chi connectivity index (χ0v) is 15.0. The fourth-order valence-electron chi connectivity index (χ4n) is 3.81. The summed E-state index contributed by atoms with van der Waals surface area (Å²) in [6.07, 6.45) is 3.70. The summed E-state index contributed by atoms with van der Waals surface area (Å²) in [6, 6.07) is 10.1. The molecular formula is C20H24N2O3. The Labute approximate surface area is 147 Å². The van der Waals surface area contributed by atoms with Crippen molar-refractivity contribution in [3.05, 3.63) is 36.5 Å². The summed E-state index contributed by atoms with van der Waals surface area (Å²) in [5.41, 5.74) is -0.225. The van der Waals surface area contributed by atoms with Gasteiger partial charge in [-0.15, -0.1) is 0 Å². The van der Waals surface area contributed by atoms with Crippen LogP contribution in [0.5, 0.6) is 5.88 Å². The van der Waals surface area contributed by atoms with Gasteiger partial charge in [0.05, 0.1) is 0 Å². The van der Waals surface area contributed by atoms with Crippen LogP contribution in [0.4, 0.5) is 4.79 Å². The molecule has 1 spiro atoms. The third kappa shape index (κ3) is 3.15. The molecule has 1 aliphatic carbocycles. The number of nitrogens with zero attached hydrogens (tertiary/aromatic N) is 2. The van der Waals surface area contributed by atoms with Crippen LogP contribution < -0.4 is 4.74 Å². The van der Waals surface area contributed by atoms with Crippen molar-refractivity contribution in [2.45, 2.75) is 45.3 Å². The molecule has 132 valence electrons. The molecule has 1 amide bonds. The van der Waals surface area contributed by atoms with Crippen molar-refractivity contribution >= 4 is 16.9 Å². The van der Waals surface area contributed by atoms with E-state index in [0.29, 0.717) is 5.88 Å². The Balaban J connectivity index is 1.32. The molecule has 1 aromatic heterocycles. The normalized spacial score (nSPS) is 19.4. The Bertz CT molecular complexity index is 793. The quantitative estimate of drug-likeness (QED) is 0.829. The first-order valence-corrected chi connectivity index (χ1v) is 8.82. The summed E-state index contributed by atoms with van der Waals surface area (Å²) in [6.45, 7) is 7.22. The zero-order valence-electron chi connectivity index (χ0n) is 15.0. The number of rotatable bonds is 2. The lowest BCUT2D eigenvalue weighted by Crippen LogP contribution is -2.66. The minimum atomic E-state index is -0.439. The largest absolute Gasteiger partial charge is 0.474 e. The fourth-order valence-corrected chi connectivity index (χ4v) is 3.81. The van der Waals surface area contributed by atoms with Crippen LogP contribution in [0.25, 0.3) is 10.8 Å². The summed E-state index contributed by atoms with van der Waals surface area (Å²) in [5, 5.41) is 2.19. The van der Waals surface area contributed by atoms with Gasteiger partial charge in [-0.3, -0.25) is 0 Å². The van der Waals surface area contributed by atoms with E-state index < -0.39 is 5.60 Å². The Hall–Kier alpha value is -2.30. The van der Waals surface area contributed by atoms with Crippen LogP contribution in [-0.2, 0) is 4.74 Å². The maximum Gasteiger partial charge on any atom is 0.410 e. The van der Waals surface area contributed by atoms with Crippen LogP contribution in [0.3, 0.4) is 0 Å². The maximum absolute atomic E-state index is 12.1. The van der Waals surface area contributed by atoms with E-state index >= 15 is 0 Å². The van der Waals surface area contributed by atoms with Gasteiger partial charge < -0.3 is 14.4 Å². The molecule has 1 aromatic carbocycles. The molecule has 4 rings (SSSR count). The van der Waals surface area contributed by atoms with Gasteiger partial charge in [-0.1, -0.05) is 18.2 Å². The van der Waals surface area contributed by atoms with Gasteiger partial charge in [0.1, 0.15) is 11.7 Å². The first kappa shape index (κ1) is 16.2. The molecule has 1 saturated heterocycles. The van der Waals surface area contributed by atoms with Crippen LogP contribution in [0.15, 0.2) is 36.5 Å². The lowest BCUT2D eigenvalue weighted by atomic mass is 9.62. The van der Waals surface area contributed by atoms with Crippen molar-refractivity contribution in [3.63, 3.8) is 0 Å². The fraction of sp³-hybridized carbons (Fsp3) is 0.500. The third-order valence-corrected chi connectivity index (χ3v) is 4.94. The van der Waals surface area contributed by atoms with Crippen LogP contribution in [0, 0.1) is 5.41 Å². The minimum Gasteiger partial charge on any atom is -0.474 e. The number of carbonyl (C=O) groups is 1.